The molecule has 1 aromatic carbocycles. The average Bonchev–Trinajstić information content (AvgIpc) is 2.90. The van der Waals surface area contributed by atoms with Crippen LogP contribution >= 0.6 is 0 Å². The number of cyclic esters (lactones) is 1. The lowest BCUT2D eigenvalue weighted by Crippen LogP contribution is -2.13. The minimum atomic E-state index is -0.267. The monoisotopic (exact) mass is 322 g/mol. The number of hydrogen-bond donors (Lipinski definition) is 0. The first-order valence-corrected chi connectivity index (χ1v) is 7.79. The second-order valence-corrected chi connectivity index (χ2v) is 5.64. The van der Waals surface area contributed by atoms with Gasteiger partial charge < -0.3 is 23.7 Å². The Morgan fingerprint density at radius 2 is 1.57 bits per heavy atom. The predicted octanol–water partition coefficient (Wildman–Crippen LogP) is 1.88. The Labute approximate surface area is 135 Å². The van der Waals surface area contributed by atoms with Gasteiger partial charge in [-0.2, -0.15) is 0 Å². The van der Waals surface area contributed by atoms with Crippen molar-refractivity contribution in [1.82, 2.24) is 0 Å². The molecule has 0 fully saturated rings. The second kappa shape index (κ2) is 7.40. The Bertz CT molecular complexity index is 595. The van der Waals surface area contributed by atoms with Crippen molar-refractivity contribution in [3.63, 3.8) is 0 Å². The normalized spacial score (nSPS) is 18.8. The van der Waals surface area contributed by atoms with E-state index in [-0.39, 0.29) is 5.97 Å². The number of carbonyl (C=O) groups is 1. The smallest absolute Gasteiger partial charge is 0.339 e. The van der Waals surface area contributed by atoms with Crippen molar-refractivity contribution < 1.29 is 28.5 Å². The summed E-state index contributed by atoms with van der Waals surface area (Å²) in [6.45, 7) is 5.64. The number of hydrogen-bond acceptors (Lipinski definition) is 6. The minimum Gasteiger partial charge on any atom is -0.457 e. The highest BCUT2D eigenvalue weighted by atomic mass is 16.5. The highest BCUT2D eigenvalue weighted by Gasteiger charge is 2.31. The van der Waals surface area contributed by atoms with Crippen molar-refractivity contribution >= 4 is 5.97 Å². The van der Waals surface area contributed by atoms with Crippen molar-refractivity contribution in [3.05, 3.63) is 33.4 Å². The van der Waals surface area contributed by atoms with Crippen LogP contribution < -0.4 is 0 Å². The SMILES string of the molecule is COCc1c(C)c2c(c3c1COCCOCCOC3)COC2=O. The lowest BCUT2D eigenvalue weighted by Gasteiger charge is -2.20. The van der Waals surface area contributed by atoms with Crippen LogP contribution in [0.3, 0.4) is 0 Å². The molecule has 1 aromatic rings. The van der Waals surface area contributed by atoms with Gasteiger partial charge in [0.25, 0.3) is 0 Å². The molecule has 0 atom stereocenters. The molecule has 0 bridgehead atoms. The van der Waals surface area contributed by atoms with Crippen molar-refractivity contribution in [2.75, 3.05) is 33.5 Å². The van der Waals surface area contributed by atoms with Gasteiger partial charge in [0.1, 0.15) is 6.61 Å². The molecule has 6 heteroatoms. The van der Waals surface area contributed by atoms with Gasteiger partial charge in [-0.05, 0) is 29.2 Å². The Kier molecular flexibility index (Phi) is 5.27. The van der Waals surface area contributed by atoms with Gasteiger partial charge in [0.05, 0.1) is 51.8 Å². The van der Waals surface area contributed by atoms with Gasteiger partial charge in [-0.25, -0.2) is 4.79 Å². The van der Waals surface area contributed by atoms with Crippen LogP contribution in [-0.2, 0) is 50.1 Å². The van der Waals surface area contributed by atoms with E-state index in [1.807, 2.05) is 6.92 Å². The van der Waals surface area contributed by atoms with Crippen LogP contribution in [0.25, 0.3) is 0 Å². The van der Waals surface area contributed by atoms with E-state index in [1.54, 1.807) is 7.11 Å². The average molecular weight is 322 g/mol. The van der Waals surface area contributed by atoms with E-state index in [1.165, 1.54) is 0 Å². The standard InChI is InChI=1S/C17H22O6/c1-11-12(7-19-2)13-8-21-5-3-20-4-6-22-9-14(13)15-10-23-17(18)16(11)15/h3-10H2,1-2H3. The van der Waals surface area contributed by atoms with E-state index in [0.717, 1.165) is 27.8 Å². The zero-order valence-corrected chi connectivity index (χ0v) is 13.6. The highest BCUT2D eigenvalue weighted by Crippen LogP contribution is 2.34. The molecule has 0 amide bonds. The van der Waals surface area contributed by atoms with Gasteiger partial charge in [-0.15, -0.1) is 0 Å². The molecule has 0 saturated carbocycles. The van der Waals surface area contributed by atoms with Gasteiger partial charge in [-0.1, -0.05) is 0 Å². The Morgan fingerprint density at radius 3 is 2.26 bits per heavy atom. The van der Waals surface area contributed by atoms with Crippen LogP contribution in [0.2, 0.25) is 0 Å². The molecule has 2 aliphatic rings. The highest BCUT2D eigenvalue weighted by molar-refractivity contribution is 5.96. The second-order valence-electron chi connectivity index (χ2n) is 5.64. The van der Waals surface area contributed by atoms with Gasteiger partial charge in [0.15, 0.2) is 0 Å². The maximum atomic E-state index is 12.1. The summed E-state index contributed by atoms with van der Waals surface area (Å²) in [5, 5.41) is 0. The van der Waals surface area contributed by atoms with E-state index in [4.69, 9.17) is 23.7 Å². The molecule has 0 aromatic heterocycles. The maximum absolute atomic E-state index is 12.1. The number of esters is 1. The quantitative estimate of drug-likeness (QED) is 0.775. The minimum absolute atomic E-state index is 0.267. The summed E-state index contributed by atoms with van der Waals surface area (Å²) in [6, 6.07) is 0. The Balaban J connectivity index is 2.09. The van der Waals surface area contributed by atoms with E-state index < -0.39 is 0 Å². The van der Waals surface area contributed by atoms with Crippen LogP contribution in [0.4, 0.5) is 0 Å². The third kappa shape index (κ3) is 3.26. The fraction of sp³-hybridized carbons (Fsp3) is 0.588. The number of fused-ring (bicyclic) bond motifs is 3. The van der Waals surface area contributed by atoms with Crippen LogP contribution in [-0.4, -0.2) is 39.5 Å². The van der Waals surface area contributed by atoms with Gasteiger partial charge >= 0.3 is 5.97 Å². The maximum Gasteiger partial charge on any atom is 0.339 e. The third-order valence-electron chi connectivity index (χ3n) is 4.30. The van der Waals surface area contributed by atoms with E-state index in [2.05, 4.69) is 0 Å². The number of rotatable bonds is 2. The number of ether oxygens (including phenoxy) is 5. The summed E-state index contributed by atoms with van der Waals surface area (Å²) in [5.41, 5.74) is 5.52. The third-order valence-corrected chi connectivity index (χ3v) is 4.30. The number of benzene rings is 1. The van der Waals surface area contributed by atoms with Crippen molar-refractivity contribution in [2.45, 2.75) is 33.4 Å². The molecule has 0 unspecified atom stereocenters. The first-order chi connectivity index (χ1) is 11.2. The van der Waals surface area contributed by atoms with E-state index in [9.17, 15) is 4.79 Å². The summed E-state index contributed by atoms with van der Waals surface area (Å²) in [6.07, 6.45) is 0. The largest absolute Gasteiger partial charge is 0.457 e. The summed E-state index contributed by atoms with van der Waals surface area (Å²) < 4.78 is 27.5. The molecule has 6 nitrogen and oxygen atoms in total. The van der Waals surface area contributed by atoms with Crippen LogP contribution in [0.15, 0.2) is 0 Å². The lowest BCUT2D eigenvalue weighted by molar-refractivity contribution is 0.0125. The fourth-order valence-electron chi connectivity index (χ4n) is 3.14. The van der Waals surface area contributed by atoms with E-state index >= 15 is 0 Å². The predicted molar refractivity (Wildman–Crippen MR) is 81.1 cm³/mol. The van der Waals surface area contributed by atoms with Gasteiger partial charge in [0.2, 0.25) is 0 Å². The molecule has 0 aliphatic carbocycles. The molecule has 3 rings (SSSR count). The first-order valence-electron chi connectivity index (χ1n) is 7.79. The Morgan fingerprint density at radius 1 is 0.913 bits per heavy atom. The molecule has 126 valence electrons. The van der Waals surface area contributed by atoms with Crippen LogP contribution in [0.1, 0.15) is 38.2 Å². The fourth-order valence-corrected chi connectivity index (χ4v) is 3.14. The van der Waals surface area contributed by atoms with Crippen LogP contribution in [0, 0.1) is 6.92 Å². The van der Waals surface area contributed by atoms with Gasteiger partial charge in [0, 0.05) is 12.7 Å². The zero-order valence-electron chi connectivity index (χ0n) is 13.6. The molecule has 0 radical (unpaired) electrons. The first kappa shape index (κ1) is 16.4. The van der Waals surface area contributed by atoms with Gasteiger partial charge in [-0.3, -0.25) is 0 Å². The topological polar surface area (TPSA) is 63.2 Å². The van der Waals surface area contributed by atoms with Crippen molar-refractivity contribution in [2.24, 2.45) is 0 Å². The molecule has 0 spiro atoms. The number of carbonyl (C=O) groups excluding carboxylic acids is 1. The molecule has 2 heterocycles. The summed E-state index contributed by atoms with van der Waals surface area (Å²) in [7, 11) is 1.65. The molecule has 0 N–H and O–H groups in total. The molecule has 0 saturated heterocycles. The lowest BCUT2D eigenvalue weighted by atomic mass is 9.88. The molecular weight excluding hydrogens is 300 g/mol. The summed E-state index contributed by atoms with van der Waals surface area (Å²) in [4.78, 5) is 12.1. The summed E-state index contributed by atoms with van der Waals surface area (Å²) in [5.74, 6) is -0.267. The number of methoxy groups -OCH3 is 1. The zero-order chi connectivity index (χ0) is 16.2. The Hall–Kier alpha value is -1.47. The van der Waals surface area contributed by atoms with E-state index in [0.29, 0.717) is 58.4 Å². The summed E-state index contributed by atoms with van der Waals surface area (Å²) >= 11 is 0. The van der Waals surface area contributed by atoms with Crippen molar-refractivity contribution in [3.8, 4) is 0 Å². The van der Waals surface area contributed by atoms with Crippen LogP contribution in [0.5, 0.6) is 0 Å². The van der Waals surface area contributed by atoms with Crippen molar-refractivity contribution in [1.29, 1.82) is 0 Å². The molecule has 23 heavy (non-hydrogen) atoms. The molecular formula is C17H22O6. The molecule has 2 aliphatic heterocycles.